The smallest absolute Gasteiger partial charge is 0.493 e. The normalized spacial score (nSPS) is 19.5. The van der Waals surface area contributed by atoms with E-state index in [0.29, 0.717) is 39.1 Å². The summed E-state index contributed by atoms with van der Waals surface area (Å²) in [4.78, 5) is 67.2. The third-order valence-corrected chi connectivity index (χ3v) is 7.31. The van der Waals surface area contributed by atoms with Crippen molar-refractivity contribution in [2.75, 3.05) is 39.3 Å². The average Bonchev–Trinajstić information content (AvgIpc) is 3.20. The maximum absolute atomic E-state index is 13.2. The third-order valence-electron chi connectivity index (χ3n) is 7.31. The van der Waals surface area contributed by atoms with Crippen LogP contribution in [0.2, 0.25) is 0 Å². The molecule has 3 heterocycles. The Morgan fingerprint density at radius 1 is 0.929 bits per heavy atom. The topological polar surface area (TPSA) is 126 Å². The molecule has 1 unspecified atom stereocenters. The van der Waals surface area contributed by atoms with Gasteiger partial charge in [0.25, 0.3) is 17.7 Å². The number of benzene rings is 2. The predicted octanol–water partition coefficient (Wildman–Crippen LogP) is 2.21. The highest BCUT2D eigenvalue weighted by molar-refractivity contribution is 6.24. The van der Waals surface area contributed by atoms with E-state index in [4.69, 9.17) is 4.74 Å². The van der Waals surface area contributed by atoms with Gasteiger partial charge in [0.2, 0.25) is 11.8 Å². The molecule has 0 radical (unpaired) electrons. The van der Waals surface area contributed by atoms with Crippen LogP contribution >= 0.6 is 0 Å². The van der Waals surface area contributed by atoms with Gasteiger partial charge >= 0.3 is 6.36 Å². The summed E-state index contributed by atoms with van der Waals surface area (Å²) in [6.07, 6.45) is -4.28. The molecular formula is C28H27F3N4O7. The van der Waals surface area contributed by atoms with Gasteiger partial charge in [-0.15, -0.1) is 13.2 Å². The lowest BCUT2D eigenvalue weighted by molar-refractivity contribution is -0.274. The van der Waals surface area contributed by atoms with E-state index in [9.17, 15) is 37.1 Å². The van der Waals surface area contributed by atoms with Gasteiger partial charge in [-0.2, -0.15) is 0 Å². The molecule has 42 heavy (non-hydrogen) atoms. The van der Waals surface area contributed by atoms with Crippen LogP contribution in [0.4, 0.5) is 13.2 Å². The Morgan fingerprint density at radius 2 is 1.64 bits per heavy atom. The van der Waals surface area contributed by atoms with Crippen LogP contribution in [0, 0.1) is 0 Å². The monoisotopic (exact) mass is 588 g/mol. The zero-order valence-electron chi connectivity index (χ0n) is 22.3. The highest BCUT2D eigenvalue weighted by Crippen LogP contribution is 2.34. The second kappa shape index (κ2) is 11.8. The first-order chi connectivity index (χ1) is 20.0. The molecule has 3 aliphatic heterocycles. The van der Waals surface area contributed by atoms with E-state index >= 15 is 0 Å². The maximum Gasteiger partial charge on any atom is 0.573 e. The standard InChI is InChI=1S/C28H27F3N4O7/c29-28(30,31)42-20-7-2-1-5-17(20)25(38)34-14-12-33(13-15-34)11-4-16-41-21-8-3-6-18-23(21)27(40)35(26(18)39)19-9-10-22(36)32-24(19)37/h1-3,5-8,19H,4,9-16H2,(H,32,36,37). The maximum atomic E-state index is 13.2. The van der Waals surface area contributed by atoms with Crippen molar-refractivity contribution in [1.29, 1.82) is 0 Å². The number of hydrogen-bond donors (Lipinski definition) is 1. The van der Waals surface area contributed by atoms with Crippen LogP contribution in [0.3, 0.4) is 0 Å². The SMILES string of the molecule is O=C1CCC(N2C(=O)c3cccc(OCCCN4CCN(C(=O)c5ccccc5OC(F)(F)F)CC4)c3C2=O)C(=O)N1. The van der Waals surface area contributed by atoms with Crippen LogP contribution < -0.4 is 14.8 Å². The molecule has 0 aliphatic carbocycles. The Kier molecular flexibility index (Phi) is 8.16. The molecule has 2 fully saturated rings. The minimum absolute atomic E-state index is 0.0232. The number of halogens is 3. The molecule has 2 saturated heterocycles. The molecule has 0 saturated carbocycles. The van der Waals surface area contributed by atoms with Gasteiger partial charge in [0.1, 0.15) is 17.5 Å². The van der Waals surface area contributed by atoms with Crippen molar-refractivity contribution in [2.45, 2.75) is 31.7 Å². The third kappa shape index (κ3) is 6.08. The van der Waals surface area contributed by atoms with E-state index in [2.05, 4.69) is 15.0 Å². The number of carbonyl (C=O) groups is 5. The zero-order chi connectivity index (χ0) is 30.0. The summed E-state index contributed by atoms with van der Waals surface area (Å²) >= 11 is 0. The number of nitrogens with one attached hydrogen (secondary N) is 1. The fourth-order valence-electron chi connectivity index (χ4n) is 5.28. The minimum Gasteiger partial charge on any atom is -0.493 e. The first-order valence-electron chi connectivity index (χ1n) is 13.4. The van der Waals surface area contributed by atoms with Crippen molar-refractivity contribution >= 4 is 29.5 Å². The molecule has 1 atom stereocenters. The summed E-state index contributed by atoms with van der Waals surface area (Å²) in [5.74, 6) is -3.27. The molecule has 222 valence electrons. The number of piperidine rings is 1. The number of nitrogens with zero attached hydrogens (tertiary/aromatic N) is 3. The van der Waals surface area contributed by atoms with Gasteiger partial charge in [0.15, 0.2) is 0 Å². The van der Waals surface area contributed by atoms with Gasteiger partial charge in [-0.1, -0.05) is 18.2 Å². The summed E-state index contributed by atoms with van der Waals surface area (Å²) in [5, 5.41) is 2.16. The molecule has 5 amide bonds. The second-order valence-corrected chi connectivity index (χ2v) is 10.0. The number of hydrogen-bond acceptors (Lipinski definition) is 8. The number of carbonyl (C=O) groups excluding carboxylic acids is 5. The second-order valence-electron chi connectivity index (χ2n) is 10.0. The summed E-state index contributed by atoms with van der Waals surface area (Å²) < 4.78 is 48.1. The molecule has 11 nitrogen and oxygen atoms in total. The first-order valence-corrected chi connectivity index (χ1v) is 13.4. The summed E-state index contributed by atoms with van der Waals surface area (Å²) in [5.41, 5.74) is 0.0515. The molecule has 0 aromatic heterocycles. The highest BCUT2D eigenvalue weighted by Gasteiger charge is 2.46. The fraction of sp³-hybridized carbons (Fsp3) is 0.393. The Hall–Kier alpha value is -4.46. The number of piperazine rings is 1. The highest BCUT2D eigenvalue weighted by atomic mass is 19.4. The van der Waals surface area contributed by atoms with Crippen molar-refractivity contribution in [3.63, 3.8) is 0 Å². The molecule has 0 bridgehead atoms. The van der Waals surface area contributed by atoms with Crippen molar-refractivity contribution < 1.29 is 46.6 Å². The Bertz CT molecular complexity index is 1420. The van der Waals surface area contributed by atoms with E-state index in [1.165, 1.54) is 29.2 Å². The van der Waals surface area contributed by atoms with Crippen LogP contribution in [0.15, 0.2) is 42.5 Å². The lowest BCUT2D eigenvalue weighted by Crippen LogP contribution is -2.54. The summed E-state index contributed by atoms with van der Waals surface area (Å²) in [7, 11) is 0. The Morgan fingerprint density at radius 3 is 2.36 bits per heavy atom. The number of ether oxygens (including phenoxy) is 2. The quantitative estimate of drug-likeness (QED) is 0.368. The zero-order valence-corrected chi connectivity index (χ0v) is 22.3. The van der Waals surface area contributed by atoms with Crippen LogP contribution in [0.5, 0.6) is 11.5 Å². The van der Waals surface area contributed by atoms with Crippen molar-refractivity contribution in [3.05, 3.63) is 59.2 Å². The molecule has 1 N–H and O–H groups in total. The molecule has 14 heteroatoms. The number of imide groups is 2. The number of amides is 5. The Balaban J connectivity index is 1.12. The van der Waals surface area contributed by atoms with Gasteiger partial charge in [-0.3, -0.25) is 39.1 Å². The number of fused-ring (bicyclic) bond motifs is 1. The van der Waals surface area contributed by atoms with Crippen molar-refractivity contribution in [3.8, 4) is 11.5 Å². The van der Waals surface area contributed by atoms with E-state index in [-0.39, 0.29) is 41.9 Å². The largest absolute Gasteiger partial charge is 0.573 e. The molecule has 2 aromatic rings. The predicted molar refractivity (Wildman–Crippen MR) is 139 cm³/mol. The van der Waals surface area contributed by atoms with Gasteiger partial charge in [0, 0.05) is 39.1 Å². The van der Waals surface area contributed by atoms with E-state index < -0.39 is 47.7 Å². The van der Waals surface area contributed by atoms with E-state index in [0.717, 1.165) is 11.0 Å². The van der Waals surface area contributed by atoms with Crippen molar-refractivity contribution in [2.24, 2.45) is 0 Å². The Labute approximate surface area is 238 Å². The van der Waals surface area contributed by atoms with Gasteiger partial charge in [-0.05, 0) is 37.1 Å². The molecule has 0 spiro atoms. The molecule has 3 aliphatic rings. The van der Waals surface area contributed by atoms with Crippen LogP contribution in [0.1, 0.15) is 50.3 Å². The lowest BCUT2D eigenvalue weighted by Gasteiger charge is -2.35. The minimum atomic E-state index is -4.91. The number of para-hydroxylation sites is 1. The average molecular weight is 589 g/mol. The number of alkyl halides is 3. The van der Waals surface area contributed by atoms with E-state index in [1.807, 2.05) is 0 Å². The first kappa shape index (κ1) is 29.0. The summed E-state index contributed by atoms with van der Waals surface area (Å²) in [6, 6.07) is 8.82. The molecular weight excluding hydrogens is 561 g/mol. The number of rotatable bonds is 8. The molecule has 2 aromatic carbocycles. The van der Waals surface area contributed by atoms with Crippen LogP contribution in [-0.4, -0.2) is 96.0 Å². The lowest BCUT2D eigenvalue weighted by atomic mass is 10.0. The van der Waals surface area contributed by atoms with Gasteiger partial charge < -0.3 is 14.4 Å². The van der Waals surface area contributed by atoms with Gasteiger partial charge in [0.05, 0.1) is 23.3 Å². The van der Waals surface area contributed by atoms with Crippen molar-refractivity contribution in [1.82, 2.24) is 20.0 Å². The van der Waals surface area contributed by atoms with Gasteiger partial charge in [-0.25, -0.2) is 0 Å². The molecule has 5 rings (SSSR count). The van der Waals surface area contributed by atoms with Crippen LogP contribution in [0.25, 0.3) is 0 Å². The fourth-order valence-corrected chi connectivity index (χ4v) is 5.28. The van der Waals surface area contributed by atoms with E-state index in [1.54, 1.807) is 12.1 Å². The van der Waals surface area contributed by atoms with Crippen LogP contribution in [-0.2, 0) is 9.59 Å². The summed E-state index contributed by atoms with van der Waals surface area (Å²) in [6.45, 7) is 2.46.